The summed E-state index contributed by atoms with van der Waals surface area (Å²) in [4.78, 5) is 0. The maximum atomic E-state index is 9.62. The van der Waals surface area contributed by atoms with Crippen molar-refractivity contribution in [2.45, 2.75) is 19.1 Å². The molecule has 1 aliphatic rings. The van der Waals surface area contributed by atoms with Crippen LogP contribution in [-0.2, 0) is 0 Å². The van der Waals surface area contributed by atoms with Gasteiger partial charge in [-0.3, -0.25) is 4.48 Å². The Balaban J connectivity index is 2.84. The summed E-state index contributed by atoms with van der Waals surface area (Å²) in [5.74, 6) is 0. The largest absolute Gasteiger partial charge is 0.393 e. The summed E-state index contributed by atoms with van der Waals surface area (Å²) in [6.07, 6.45) is 4.17. The first-order valence-electron chi connectivity index (χ1n) is 5.82. The molecule has 0 aromatic carbocycles. The molecule has 0 amide bonds. The van der Waals surface area contributed by atoms with E-state index in [-0.39, 0.29) is 13.2 Å². The number of hydrogen-bond donors (Lipinski definition) is 4. The zero-order valence-corrected chi connectivity index (χ0v) is 10.2. The maximum Gasteiger partial charge on any atom is 0.126 e. The molecule has 0 saturated heterocycles. The Morgan fingerprint density at radius 1 is 1.18 bits per heavy atom. The zero-order valence-electron chi connectivity index (χ0n) is 10.2. The molecule has 0 saturated carbocycles. The molecule has 98 valence electrons. The number of aliphatic hydroxyl groups excluding tert-OH is 4. The van der Waals surface area contributed by atoms with Crippen LogP contribution in [0.25, 0.3) is 0 Å². The fourth-order valence-corrected chi connectivity index (χ4v) is 2.21. The minimum Gasteiger partial charge on any atom is -0.393 e. The molecule has 2 atom stereocenters. The Kier molecular flexibility index (Phi) is 5.30. The van der Waals surface area contributed by atoms with Crippen LogP contribution in [0.3, 0.4) is 0 Å². The Labute approximate surface area is 102 Å². The molecule has 0 spiro atoms. The number of rotatable bonds is 6. The van der Waals surface area contributed by atoms with Gasteiger partial charge in [-0.05, 0) is 12.2 Å². The van der Waals surface area contributed by atoms with Gasteiger partial charge in [-0.15, -0.1) is 0 Å². The van der Waals surface area contributed by atoms with Crippen LogP contribution in [0.1, 0.15) is 6.92 Å². The molecular weight excluding hydrogens is 222 g/mol. The minimum atomic E-state index is -0.823. The van der Waals surface area contributed by atoms with Crippen LogP contribution in [0.2, 0.25) is 0 Å². The van der Waals surface area contributed by atoms with Gasteiger partial charge in [-0.25, -0.2) is 0 Å². The zero-order chi connectivity index (χ0) is 12.9. The summed E-state index contributed by atoms with van der Waals surface area (Å²) in [5, 5.41) is 37.1. The van der Waals surface area contributed by atoms with Crippen LogP contribution >= 0.6 is 0 Å². The van der Waals surface area contributed by atoms with Crippen LogP contribution in [-0.4, -0.2) is 70.0 Å². The van der Waals surface area contributed by atoms with Crippen molar-refractivity contribution in [2.24, 2.45) is 0 Å². The van der Waals surface area contributed by atoms with E-state index in [1.165, 1.54) is 0 Å². The van der Waals surface area contributed by atoms with Crippen LogP contribution in [0, 0.1) is 0 Å². The van der Waals surface area contributed by atoms with E-state index in [0.29, 0.717) is 24.1 Å². The highest BCUT2D eigenvalue weighted by atomic mass is 16.3. The van der Waals surface area contributed by atoms with Gasteiger partial charge in [-0.1, -0.05) is 6.08 Å². The van der Waals surface area contributed by atoms with Crippen molar-refractivity contribution >= 4 is 0 Å². The van der Waals surface area contributed by atoms with Crippen molar-refractivity contribution < 1.29 is 24.9 Å². The molecule has 4 N–H and O–H groups in total. The van der Waals surface area contributed by atoms with Gasteiger partial charge in [0, 0.05) is 6.92 Å². The smallest absolute Gasteiger partial charge is 0.126 e. The second kappa shape index (κ2) is 6.28. The second-order valence-corrected chi connectivity index (χ2v) is 4.60. The third kappa shape index (κ3) is 3.62. The second-order valence-electron chi connectivity index (χ2n) is 4.60. The molecule has 0 bridgehead atoms. The van der Waals surface area contributed by atoms with E-state index in [2.05, 4.69) is 0 Å². The highest BCUT2D eigenvalue weighted by Gasteiger charge is 2.35. The van der Waals surface area contributed by atoms with E-state index in [9.17, 15) is 10.2 Å². The molecule has 17 heavy (non-hydrogen) atoms. The maximum absolute atomic E-state index is 9.62. The third-order valence-electron chi connectivity index (χ3n) is 3.22. The predicted molar refractivity (Wildman–Crippen MR) is 63.9 cm³/mol. The lowest BCUT2D eigenvalue weighted by atomic mass is 10.1. The summed E-state index contributed by atoms with van der Waals surface area (Å²) in [7, 11) is 0. The lowest BCUT2D eigenvalue weighted by Gasteiger charge is -2.41. The monoisotopic (exact) mass is 244 g/mol. The van der Waals surface area contributed by atoms with Gasteiger partial charge in [0.15, 0.2) is 0 Å². The molecule has 0 aromatic heterocycles. The lowest BCUT2D eigenvalue weighted by molar-refractivity contribution is -0.893. The van der Waals surface area contributed by atoms with E-state index in [1.807, 2.05) is 25.2 Å². The summed E-state index contributed by atoms with van der Waals surface area (Å²) < 4.78 is 0.375. The quantitative estimate of drug-likeness (QED) is 0.451. The minimum absolute atomic E-state index is 0.299. The molecule has 5 heteroatoms. The summed E-state index contributed by atoms with van der Waals surface area (Å²) in [6.45, 7) is 2.65. The predicted octanol–water partition coefficient (Wildman–Crippen LogP) is -1.02. The number of quaternary nitrogens is 1. The Morgan fingerprint density at radius 2 is 1.71 bits per heavy atom. The van der Waals surface area contributed by atoms with Crippen molar-refractivity contribution in [1.82, 2.24) is 0 Å². The van der Waals surface area contributed by atoms with Crippen molar-refractivity contribution in [3.8, 4) is 0 Å². The number of nitrogens with zero attached hydrogens (tertiary/aromatic N) is 1. The fraction of sp³-hybridized carbons (Fsp3) is 0.667. The van der Waals surface area contributed by atoms with Crippen LogP contribution < -0.4 is 0 Å². The molecule has 5 nitrogen and oxygen atoms in total. The van der Waals surface area contributed by atoms with Gasteiger partial charge in [0.25, 0.3) is 0 Å². The molecule has 0 radical (unpaired) electrons. The standard InChI is InChI=1S/C12H22NO4/c1-10-4-2-3-5-13(10,6-11(16)8-14)7-12(17)9-15/h2-4,11-12,14-17H,5-9H2,1H3/q+1. The number of aliphatic hydroxyl groups is 4. The molecular formula is C12H22NO4+. The summed E-state index contributed by atoms with van der Waals surface area (Å²) in [6, 6.07) is 0. The average molecular weight is 244 g/mol. The van der Waals surface area contributed by atoms with E-state index in [4.69, 9.17) is 10.2 Å². The molecule has 0 fully saturated rings. The first kappa shape index (κ1) is 14.3. The van der Waals surface area contributed by atoms with Gasteiger partial charge >= 0.3 is 0 Å². The van der Waals surface area contributed by atoms with Crippen LogP contribution in [0.4, 0.5) is 0 Å². The van der Waals surface area contributed by atoms with Crippen molar-refractivity contribution in [3.63, 3.8) is 0 Å². The third-order valence-corrected chi connectivity index (χ3v) is 3.22. The highest BCUT2D eigenvalue weighted by molar-refractivity contribution is 5.10. The van der Waals surface area contributed by atoms with E-state index >= 15 is 0 Å². The highest BCUT2D eigenvalue weighted by Crippen LogP contribution is 2.23. The Bertz CT molecular complexity index is 289. The van der Waals surface area contributed by atoms with Crippen molar-refractivity contribution in [1.29, 1.82) is 0 Å². The molecule has 1 aliphatic heterocycles. The number of hydrogen-bond acceptors (Lipinski definition) is 4. The first-order valence-corrected chi connectivity index (χ1v) is 5.82. The topological polar surface area (TPSA) is 80.9 Å². The lowest BCUT2D eigenvalue weighted by Crippen LogP contribution is -2.56. The van der Waals surface area contributed by atoms with E-state index < -0.39 is 12.2 Å². The average Bonchev–Trinajstić information content (AvgIpc) is 2.32. The van der Waals surface area contributed by atoms with Gasteiger partial charge < -0.3 is 20.4 Å². The normalized spacial score (nSPS) is 27.7. The van der Waals surface area contributed by atoms with Gasteiger partial charge in [0.2, 0.25) is 0 Å². The number of allylic oxidation sites excluding steroid dienone is 3. The van der Waals surface area contributed by atoms with Gasteiger partial charge in [0.05, 0.1) is 13.2 Å². The Hall–Kier alpha value is -0.720. The molecule has 1 rings (SSSR count). The first-order chi connectivity index (χ1) is 8.04. The SMILES string of the molecule is CC1=CC=CC[N+]1(CC(O)CO)CC(O)CO. The van der Waals surface area contributed by atoms with E-state index in [0.717, 1.165) is 5.70 Å². The van der Waals surface area contributed by atoms with E-state index in [1.54, 1.807) is 0 Å². The van der Waals surface area contributed by atoms with Gasteiger partial charge in [-0.2, -0.15) is 0 Å². The summed E-state index contributed by atoms with van der Waals surface area (Å²) in [5.41, 5.74) is 1.01. The molecule has 1 heterocycles. The van der Waals surface area contributed by atoms with Crippen LogP contribution in [0.5, 0.6) is 0 Å². The van der Waals surface area contributed by atoms with Crippen molar-refractivity contribution in [3.05, 3.63) is 23.9 Å². The van der Waals surface area contributed by atoms with Crippen molar-refractivity contribution in [2.75, 3.05) is 32.8 Å². The fourth-order valence-electron chi connectivity index (χ4n) is 2.21. The van der Waals surface area contributed by atoms with Crippen LogP contribution in [0.15, 0.2) is 23.9 Å². The molecule has 0 aromatic rings. The molecule has 0 aliphatic carbocycles. The molecule has 2 unspecified atom stereocenters. The Morgan fingerprint density at radius 3 is 2.12 bits per heavy atom. The van der Waals surface area contributed by atoms with Gasteiger partial charge in [0.1, 0.15) is 37.5 Å². The summed E-state index contributed by atoms with van der Waals surface area (Å²) >= 11 is 0.